The van der Waals surface area contributed by atoms with Crippen LogP contribution in [0.1, 0.15) is 13.3 Å². The maximum absolute atomic E-state index is 11.4. The van der Waals surface area contributed by atoms with Gasteiger partial charge in [0.1, 0.15) is 0 Å². The van der Waals surface area contributed by atoms with Gasteiger partial charge in [0.05, 0.1) is 6.54 Å². The minimum Gasteiger partial charge on any atom is -0.396 e. The van der Waals surface area contributed by atoms with E-state index in [0.717, 1.165) is 26.1 Å². The predicted octanol–water partition coefficient (Wildman–Crippen LogP) is -0.563. The van der Waals surface area contributed by atoms with E-state index >= 15 is 0 Å². The van der Waals surface area contributed by atoms with Crippen LogP contribution in [-0.4, -0.2) is 48.7 Å². The normalized spacial score (nSPS) is 22.3. The van der Waals surface area contributed by atoms with Gasteiger partial charge in [-0.05, 0) is 13.0 Å². The SMILES string of the molecule is CCNCC(=O)N1CCC(CO)C1. The van der Waals surface area contributed by atoms with Gasteiger partial charge in [-0.1, -0.05) is 6.92 Å². The number of aliphatic hydroxyl groups excluding tert-OH is 1. The van der Waals surface area contributed by atoms with E-state index in [2.05, 4.69) is 5.32 Å². The van der Waals surface area contributed by atoms with Crippen LogP contribution in [0.3, 0.4) is 0 Å². The lowest BCUT2D eigenvalue weighted by Gasteiger charge is -2.15. The molecule has 0 aromatic carbocycles. The maximum atomic E-state index is 11.4. The van der Waals surface area contributed by atoms with E-state index in [0.29, 0.717) is 12.5 Å². The summed E-state index contributed by atoms with van der Waals surface area (Å²) in [6, 6.07) is 0. The standard InChI is InChI=1S/C9H18N2O2/c1-2-10-5-9(13)11-4-3-8(6-11)7-12/h8,10,12H,2-7H2,1H3. The summed E-state index contributed by atoms with van der Waals surface area (Å²) in [6.45, 7) is 4.95. The number of likely N-dealkylation sites (N-methyl/N-ethyl adjacent to an activating group) is 1. The Labute approximate surface area is 78.9 Å². The molecule has 1 aliphatic rings. The molecule has 0 saturated carbocycles. The topological polar surface area (TPSA) is 52.6 Å². The van der Waals surface area contributed by atoms with Gasteiger partial charge in [-0.25, -0.2) is 0 Å². The number of rotatable bonds is 4. The zero-order valence-electron chi connectivity index (χ0n) is 8.12. The molecule has 0 aliphatic carbocycles. The van der Waals surface area contributed by atoms with Crippen LogP contribution in [0.4, 0.5) is 0 Å². The first-order chi connectivity index (χ1) is 6.27. The lowest BCUT2D eigenvalue weighted by atomic mass is 10.1. The Bertz CT molecular complexity index is 173. The first-order valence-corrected chi connectivity index (χ1v) is 4.87. The van der Waals surface area contributed by atoms with Crippen molar-refractivity contribution in [3.8, 4) is 0 Å². The lowest BCUT2D eigenvalue weighted by molar-refractivity contribution is -0.129. The average Bonchev–Trinajstić information content (AvgIpc) is 2.62. The molecule has 1 fully saturated rings. The summed E-state index contributed by atoms with van der Waals surface area (Å²) in [5, 5.41) is 11.9. The van der Waals surface area contributed by atoms with Gasteiger partial charge in [0.2, 0.25) is 5.91 Å². The predicted molar refractivity (Wildman–Crippen MR) is 50.3 cm³/mol. The van der Waals surface area contributed by atoms with Gasteiger partial charge in [-0.3, -0.25) is 4.79 Å². The number of carbonyl (C=O) groups is 1. The number of nitrogens with one attached hydrogen (secondary N) is 1. The van der Waals surface area contributed by atoms with Crippen molar-refractivity contribution in [1.82, 2.24) is 10.2 Å². The minimum atomic E-state index is 0.151. The lowest BCUT2D eigenvalue weighted by Crippen LogP contribution is -2.36. The van der Waals surface area contributed by atoms with Crippen molar-refractivity contribution < 1.29 is 9.90 Å². The second-order valence-corrected chi connectivity index (χ2v) is 3.46. The fourth-order valence-corrected chi connectivity index (χ4v) is 1.55. The van der Waals surface area contributed by atoms with Crippen molar-refractivity contribution in [3.05, 3.63) is 0 Å². The Morgan fingerprint density at radius 3 is 3.00 bits per heavy atom. The van der Waals surface area contributed by atoms with Crippen molar-refractivity contribution >= 4 is 5.91 Å². The molecule has 13 heavy (non-hydrogen) atoms. The molecular weight excluding hydrogens is 168 g/mol. The summed E-state index contributed by atoms with van der Waals surface area (Å²) in [7, 11) is 0. The van der Waals surface area contributed by atoms with Crippen molar-refractivity contribution in [2.45, 2.75) is 13.3 Å². The van der Waals surface area contributed by atoms with Crippen molar-refractivity contribution in [1.29, 1.82) is 0 Å². The van der Waals surface area contributed by atoms with Crippen LogP contribution < -0.4 is 5.32 Å². The number of nitrogens with zero attached hydrogens (tertiary/aromatic N) is 1. The van der Waals surface area contributed by atoms with Crippen LogP contribution in [0.25, 0.3) is 0 Å². The quantitative estimate of drug-likeness (QED) is 0.618. The number of aliphatic hydroxyl groups is 1. The van der Waals surface area contributed by atoms with Crippen LogP contribution in [0.15, 0.2) is 0 Å². The summed E-state index contributed by atoms with van der Waals surface area (Å²) in [5.74, 6) is 0.448. The van der Waals surface area contributed by atoms with Crippen molar-refractivity contribution in [3.63, 3.8) is 0 Å². The molecule has 0 aromatic rings. The number of hydrogen-bond acceptors (Lipinski definition) is 3. The van der Waals surface area contributed by atoms with Crippen LogP contribution >= 0.6 is 0 Å². The molecular formula is C9H18N2O2. The molecule has 76 valence electrons. The molecule has 0 bridgehead atoms. The van der Waals surface area contributed by atoms with E-state index < -0.39 is 0 Å². The van der Waals surface area contributed by atoms with Crippen LogP contribution in [0.2, 0.25) is 0 Å². The Morgan fingerprint density at radius 1 is 1.69 bits per heavy atom. The Kier molecular flexibility index (Phi) is 4.18. The molecule has 4 nitrogen and oxygen atoms in total. The smallest absolute Gasteiger partial charge is 0.236 e. The molecule has 0 aromatic heterocycles. The molecule has 1 atom stereocenters. The van der Waals surface area contributed by atoms with Gasteiger partial charge >= 0.3 is 0 Å². The molecule has 1 unspecified atom stereocenters. The second kappa shape index (κ2) is 5.19. The van der Waals surface area contributed by atoms with E-state index in [1.165, 1.54) is 0 Å². The zero-order valence-corrected chi connectivity index (χ0v) is 8.12. The van der Waals surface area contributed by atoms with Gasteiger partial charge in [-0.15, -0.1) is 0 Å². The fourth-order valence-electron chi connectivity index (χ4n) is 1.55. The monoisotopic (exact) mass is 186 g/mol. The third-order valence-corrected chi connectivity index (χ3v) is 2.42. The largest absolute Gasteiger partial charge is 0.396 e. The van der Waals surface area contributed by atoms with Crippen molar-refractivity contribution in [2.75, 3.05) is 32.8 Å². The van der Waals surface area contributed by atoms with E-state index in [9.17, 15) is 4.79 Å². The van der Waals surface area contributed by atoms with Crippen LogP contribution in [0.5, 0.6) is 0 Å². The number of amides is 1. The summed E-state index contributed by atoms with van der Waals surface area (Å²) in [6.07, 6.45) is 0.939. The van der Waals surface area contributed by atoms with E-state index in [-0.39, 0.29) is 12.5 Å². The number of hydrogen-bond donors (Lipinski definition) is 2. The Balaban J connectivity index is 2.25. The maximum Gasteiger partial charge on any atom is 0.236 e. The molecule has 4 heteroatoms. The van der Waals surface area contributed by atoms with Crippen molar-refractivity contribution in [2.24, 2.45) is 5.92 Å². The molecule has 1 saturated heterocycles. The van der Waals surface area contributed by atoms with Crippen LogP contribution in [-0.2, 0) is 4.79 Å². The summed E-state index contributed by atoms with van der Waals surface area (Å²) in [5.41, 5.74) is 0. The highest BCUT2D eigenvalue weighted by molar-refractivity contribution is 5.78. The zero-order chi connectivity index (χ0) is 9.68. The molecule has 0 radical (unpaired) electrons. The molecule has 1 aliphatic heterocycles. The Hall–Kier alpha value is -0.610. The highest BCUT2D eigenvalue weighted by atomic mass is 16.3. The summed E-state index contributed by atoms with van der Waals surface area (Å²) >= 11 is 0. The molecule has 1 amide bonds. The van der Waals surface area contributed by atoms with Gasteiger partial charge in [0.15, 0.2) is 0 Å². The van der Waals surface area contributed by atoms with Gasteiger partial charge < -0.3 is 15.3 Å². The van der Waals surface area contributed by atoms with Gasteiger partial charge in [0.25, 0.3) is 0 Å². The van der Waals surface area contributed by atoms with E-state index in [1.54, 1.807) is 0 Å². The third-order valence-electron chi connectivity index (χ3n) is 2.42. The highest BCUT2D eigenvalue weighted by Gasteiger charge is 2.24. The molecule has 2 N–H and O–H groups in total. The second-order valence-electron chi connectivity index (χ2n) is 3.46. The first kappa shape index (κ1) is 10.5. The first-order valence-electron chi connectivity index (χ1n) is 4.87. The third kappa shape index (κ3) is 2.97. The van der Waals surface area contributed by atoms with Gasteiger partial charge in [0, 0.05) is 25.6 Å². The fraction of sp³-hybridized carbons (Fsp3) is 0.889. The molecule has 0 spiro atoms. The number of carbonyl (C=O) groups excluding carboxylic acids is 1. The molecule has 1 heterocycles. The highest BCUT2D eigenvalue weighted by Crippen LogP contribution is 2.14. The minimum absolute atomic E-state index is 0.151. The average molecular weight is 186 g/mol. The summed E-state index contributed by atoms with van der Waals surface area (Å²) in [4.78, 5) is 13.3. The summed E-state index contributed by atoms with van der Waals surface area (Å²) < 4.78 is 0. The molecule has 1 rings (SSSR count). The Morgan fingerprint density at radius 2 is 2.46 bits per heavy atom. The van der Waals surface area contributed by atoms with E-state index in [1.807, 2.05) is 11.8 Å². The van der Waals surface area contributed by atoms with E-state index in [4.69, 9.17) is 5.11 Å². The van der Waals surface area contributed by atoms with Crippen LogP contribution in [0, 0.1) is 5.92 Å². The number of likely N-dealkylation sites (tertiary alicyclic amines) is 1. The van der Waals surface area contributed by atoms with Gasteiger partial charge in [-0.2, -0.15) is 0 Å².